The van der Waals surface area contributed by atoms with Gasteiger partial charge in [-0.2, -0.15) is 0 Å². The van der Waals surface area contributed by atoms with E-state index in [0.29, 0.717) is 16.8 Å². The lowest BCUT2D eigenvalue weighted by atomic mass is 10.1. The molecule has 0 atom stereocenters. The molecule has 2 amide bonds. The highest BCUT2D eigenvalue weighted by Crippen LogP contribution is 2.34. The Morgan fingerprint density at radius 3 is 2.50 bits per heavy atom. The minimum absolute atomic E-state index is 0.159. The van der Waals surface area contributed by atoms with Gasteiger partial charge in [-0.05, 0) is 55.0 Å². The van der Waals surface area contributed by atoms with Crippen molar-refractivity contribution >= 4 is 40.1 Å². The van der Waals surface area contributed by atoms with Gasteiger partial charge in [0.25, 0.3) is 11.8 Å². The van der Waals surface area contributed by atoms with Crippen LogP contribution in [0.5, 0.6) is 0 Å². The van der Waals surface area contributed by atoms with Gasteiger partial charge < -0.3 is 16.0 Å². The van der Waals surface area contributed by atoms with Crippen LogP contribution < -0.4 is 16.0 Å². The summed E-state index contributed by atoms with van der Waals surface area (Å²) in [5, 5.41) is 9.06. The van der Waals surface area contributed by atoms with Crippen LogP contribution in [0.3, 0.4) is 0 Å². The van der Waals surface area contributed by atoms with Gasteiger partial charge in [-0.15, -0.1) is 0 Å². The van der Waals surface area contributed by atoms with Gasteiger partial charge in [-0.25, -0.2) is 0 Å². The second-order valence-electron chi connectivity index (χ2n) is 6.67. The standard InChI is InChI=1S/C23H19N3O2/c1-14-8-9-18(25-23(28)16-6-4-3-5-7-16)13-21(14)24-17-10-11-20-19(12-17)15(2)22(27)26-20/h3-13,24H,2H2,1H3,(H,25,28)(H,26,27). The van der Waals surface area contributed by atoms with E-state index in [1.165, 1.54) is 0 Å². The van der Waals surface area contributed by atoms with Gasteiger partial charge in [0.05, 0.1) is 0 Å². The molecule has 3 N–H and O–H groups in total. The molecule has 0 radical (unpaired) electrons. The molecule has 0 spiro atoms. The third-order valence-electron chi connectivity index (χ3n) is 4.68. The topological polar surface area (TPSA) is 70.2 Å². The fraction of sp³-hybridized carbons (Fsp3) is 0.0435. The Kier molecular flexibility index (Phi) is 4.41. The summed E-state index contributed by atoms with van der Waals surface area (Å²) in [5.41, 5.74) is 6.06. The van der Waals surface area contributed by atoms with E-state index < -0.39 is 0 Å². The minimum atomic E-state index is -0.172. The zero-order valence-electron chi connectivity index (χ0n) is 15.4. The van der Waals surface area contributed by atoms with E-state index >= 15 is 0 Å². The van der Waals surface area contributed by atoms with Gasteiger partial charge in [-0.3, -0.25) is 9.59 Å². The second-order valence-corrected chi connectivity index (χ2v) is 6.67. The molecule has 3 aromatic carbocycles. The van der Waals surface area contributed by atoms with Crippen LogP contribution in [0.4, 0.5) is 22.7 Å². The monoisotopic (exact) mass is 369 g/mol. The average molecular weight is 369 g/mol. The summed E-state index contributed by atoms with van der Waals surface area (Å²) in [6.07, 6.45) is 0. The molecular weight excluding hydrogens is 350 g/mol. The van der Waals surface area contributed by atoms with Crippen molar-refractivity contribution in [2.24, 2.45) is 0 Å². The van der Waals surface area contributed by atoms with Crippen LogP contribution >= 0.6 is 0 Å². The van der Waals surface area contributed by atoms with Crippen molar-refractivity contribution in [3.63, 3.8) is 0 Å². The average Bonchev–Trinajstić information content (AvgIpc) is 2.99. The van der Waals surface area contributed by atoms with Crippen molar-refractivity contribution in [2.75, 3.05) is 16.0 Å². The first-order valence-corrected chi connectivity index (χ1v) is 8.90. The first-order chi connectivity index (χ1) is 13.5. The molecule has 0 aromatic heterocycles. The molecule has 5 nitrogen and oxygen atoms in total. The third-order valence-corrected chi connectivity index (χ3v) is 4.68. The first kappa shape index (κ1) is 17.5. The van der Waals surface area contributed by atoms with E-state index in [2.05, 4.69) is 22.5 Å². The van der Waals surface area contributed by atoms with Crippen LogP contribution in [-0.4, -0.2) is 11.8 Å². The fourth-order valence-electron chi connectivity index (χ4n) is 3.08. The number of anilines is 4. The Labute approximate surface area is 163 Å². The predicted molar refractivity (Wildman–Crippen MR) is 113 cm³/mol. The number of rotatable bonds is 4. The largest absolute Gasteiger partial charge is 0.355 e. The van der Waals surface area contributed by atoms with Gasteiger partial charge in [0.15, 0.2) is 0 Å². The molecule has 0 fully saturated rings. The lowest BCUT2D eigenvalue weighted by molar-refractivity contribution is -0.110. The molecule has 1 aliphatic heterocycles. The van der Waals surface area contributed by atoms with Crippen LogP contribution in [0.2, 0.25) is 0 Å². The highest BCUT2D eigenvalue weighted by atomic mass is 16.2. The summed E-state index contributed by atoms with van der Waals surface area (Å²) in [4.78, 5) is 24.1. The van der Waals surface area contributed by atoms with Crippen LogP contribution in [0.1, 0.15) is 21.5 Å². The van der Waals surface area contributed by atoms with Crippen molar-refractivity contribution in [3.8, 4) is 0 Å². The summed E-state index contributed by atoms with van der Waals surface area (Å²) in [7, 11) is 0. The zero-order chi connectivity index (χ0) is 19.7. The smallest absolute Gasteiger partial charge is 0.255 e. The molecule has 3 aromatic rings. The van der Waals surface area contributed by atoms with Gasteiger partial charge in [0.1, 0.15) is 0 Å². The number of carbonyl (C=O) groups is 2. The fourth-order valence-corrected chi connectivity index (χ4v) is 3.08. The third kappa shape index (κ3) is 3.38. The van der Waals surface area contributed by atoms with Crippen molar-refractivity contribution in [2.45, 2.75) is 6.92 Å². The maximum Gasteiger partial charge on any atom is 0.255 e. The molecule has 1 heterocycles. The van der Waals surface area contributed by atoms with E-state index in [9.17, 15) is 9.59 Å². The summed E-state index contributed by atoms with van der Waals surface area (Å²) in [6, 6.07) is 20.4. The van der Waals surface area contributed by atoms with E-state index in [4.69, 9.17) is 0 Å². The van der Waals surface area contributed by atoms with Crippen LogP contribution in [0, 0.1) is 6.92 Å². The Bertz CT molecular complexity index is 1100. The minimum Gasteiger partial charge on any atom is -0.355 e. The number of fused-ring (bicyclic) bond motifs is 1. The summed E-state index contributed by atoms with van der Waals surface area (Å²) in [5.74, 6) is -0.331. The first-order valence-electron chi connectivity index (χ1n) is 8.90. The summed E-state index contributed by atoms with van der Waals surface area (Å²) >= 11 is 0. The zero-order valence-corrected chi connectivity index (χ0v) is 15.4. The van der Waals surface area contributed by atoms with E-state index in [1.807, 2.05) is 61.5 Å². The van der Waals surface area contributed by atoms with Crippen LogP contribution in [-0.2, 0) is 4.79 Å². The normalized spacial score (nSPS) is 12.3. The number of carbonyl (C=O) groups excluding carboxylic acids is 2. The molecule has 5 heteroatoms. The van der Waals surface area contributed by atoms with Crippen molar-refractivity contribution in [3.05, 3.63) is 90.0 Å². The molecular formula is C23H19N3O2. The molecule has 0 saturated carbocycles. The molecule has 4 rings (SSSR count). The number of benzene rings is 3. The number of hydrogen-bond acceptors (Lipinski definition) is 3. The van der Waals surface area contributed by atoms with Gasteiger partial charge in [0.2, 0.25) is 0 Å². The number of aryl methyl sites for hydroxylation is 1. The van der Waals surface area contributed by atoms with Gasteiger partial charge in [0, 0.05) is 39.4 Å². The highest BCUT2D eigenvalue weighted by molar-refractivity contribution is 6.31. The number of hydrogen-bond donors (Lipinski definition) is 3. The molecule has 28 heavy (non-hydrogen) atoms. The highest BCUT2D eigenvalue weighted by Gasteiger charge is 2.22. The van der Waals surface area contributed by atoms with Crippen molar-refractivity contribution in [1.29, 1.82) is 0 Å². The molecule has 0 saturated heterocycles. The van der Waals surface area contributed by atoms with Crippen LogP contribution in [0.15, 0.2) is 73.3 Å². The quantitative estimate of drug-likeness (QED) is 0.570. The van der Waals surface area contributed by atoms with E-state index in [-0.39, 0.29) is 11.8 Å². The Morgan fingerprint density at radius 1 is 0.964 bits per heavy atom. The van der Waals surface area contributed by atoms with Gasteiger partial charge in [-0.1, -0.05) is 30.8 Å². The second kappa shape index (κ2) is 7.04. The van der Waals surface area contributed by atoms with Crippen molar-refractivity contribution in [1.82, 2.24) is 0 Å². The summed E-state index contributed by atoms with van der Waals surface area (Å²) < 4.78 is 0. The lowest BCUT2D eigenvalue weighted by Gasteiger charge is -2.13. The van der Waals surface area contributed by atoms with E-state index in [0.717, 1.165) is 28.2 Å². The molecule has 138 valence electrons. The molecule has 1 aliphatic rings. The van der Waals surface area contributed by atoms with Crippen molar-refractivity contribution < 1.29 is 9.59 Å². The molecule has 0 unspecified atom stereocenters. The van der Waals surface area contributed by atoms with E-state index in [1.54, 1.807) is 12.1 Å². The van der Waals surface area contributed by atoms with Crippen LogP contribution in [0.25, 0.3) is 5.57 Å². The maximum atomic E-state index is 12.4. The lowest BCUT2D eigenvalue weighted by Crippen LogP contribution is -2.11. The Hall–Kier alpha value is -3.86. The number of nitrogens with one attached hydrogen (secondary N) is 3. The summed E-state index contributed by atoms with van der Waals surface area (Å²) in [6.45, 7) is 5.82. The number of amides is 2. The Balaban J connectivity index is 1.56. The Morgan fingerprint density at radius 2 is 1.71 bits per heavy atom. The molecule has 0 aliphatic carbocycles. The molecule has 0 bridgehead atoms. The SMILES string of the molecule is C=C1C(=O)Nc2ccc(Nc3cc(NC(=O)c4ccccc4)ccc3C)cc21. The maximum absolute atomic E-state index is 12.4. The van der Waals surface area contributed by atoms with Gasteiger partial charge >= 0.3 is 0 Å². The predicted octanol–water partition coefficient (Wildman–Crippen LogP) is 4.96.